The van der Waals surface area contributed by atoms with Crippen LogP contribution in [0, 0.1) is 13.8 Å². The Hall–Kier alpha value is -3.16. The van der Waals surface area contributed by atoms with Gasteiger partial charge in [0.05, 0.1) is 26.6 Å². The number of fused-ring (bicyclic) bond motifs is 1. The highest BCUT2D eigenvalue weighted by molar-refractivity contribution is 7.92. The van der Waals surface area contributed by atoms with Gasteiger partial charge in [0, 0.05) is 0 Å². The summed E-state index contributed by atoms with van der Waals surface area (Å²) in [4.78, 5) is 9.21. The van der Waals surface area contributed by atoms with Crippen LogP contribution < -0.4 is 10.0 Å². The van der Waals surface area contributed by atoms with E-state index < -0.39 is 10.0 Å². The van der Waals surface area contributed by atoms with Crippen molar-refractivity contribution in [2.75, 3.05) is 10.0 Å². The maximum absolute atomic E-state index is 13.0. The summed E-state index contributed by atoms with van der Waals surface area (Å²) in [5.41, 5.74) is 3.69. The van der Waals surface area contributed by atoms with E-state index in [0.717, 1.165) is 11.1 Å². The van der Waals surface area contributed by atoms with E-state index >= 15 is 0 Å². The molecule has 0 fully saturated rings. The summed E-state index contributed by atoms with van der Waals surface area (Å²) in [6.45, 7) is 3.80. The average molecular weight is 439 g/mol. The summed E-state index contributed by atoms with van der Waals surface area (Å²) in [6, 6.07) is 19.4. The smallest absolute Gasteiger partial charge is 0.263 e. The van der Waals surface area contributed by atoms with Gasteiger partial charge >= 0.3 is 0 Å². The molecule has 1 heterocycles. The molecule has 8 heteroatoms. The van der Waals surface area contributed by atoms with Gasteiger partial charge in [-0.15, -0.1) is 0 Å². The lowest BCUT2D eigenvalue weighted by Crippen LogP contribution is -2.16. The first-order valence-corrected chi connectivity index (χ1v) is 11.1. The first-order chi connectivity index (χ1) is 14.3. The molecule has 3 aromatic carbocycles. The maximum atomic E-state index is 13.0. The second-order valence-corrected chi connectivity index (χ2v) is 8.96. The quantitative estimate of drug-likeness (QED) is 0.433. The lowest BCUT2D eigenvalue weighted by molar-refractivity contribution is 0.601. The highest BCUT2D eigenvalue weighted by Gasteiger charge is 2.20. The van der Waals surface area contributed by atoms with E-state index in [1.54, 1.807) is 36.4 Å². The van der Waals surface area contributed by atoms with Crippen LogP contribution in [0.2, 0.25) is 5.02 Å². The van der Waals surface area contributed by atoms with Crippen molar-refractivity contribution in [3.8, 4) is 0 Å². The van der Waals surface area contributed by atoms with E-state index in [9.17, 15) is 8.42 Å². The molecule has 4 rings (SSSR count). The highest BCUT2D eigenvalue weighted by Crippen LogP contribution is 2.30. The molecule has 0 bridgehead atoms. The summed E-state index contributed by atoms with van der Waals surface area (Å²) in [6.07, 6.45) is 0. The van der Waals surface area contributed by atoms with Gasteiger partial charge in [-0.2, -0.15) is 0 Å². The number of anilines is 3. The molecule has 0 aliphatic heterocycles. The third-order valence-electron chi connectivity index (χ3n) is 4.72. The number of para-hydroxylation sites is 3. The Morgan fingerprint density at radius 3 is 2.10 bits per heavy atom. The third kappa shape index (κ3) is 4.08. The minimum atomic E-state index is -3.87. The number of nitrogens with one attached hydrogen (secondary N) is 2. The first-order valence-electron chi connectivity index (χ1n) is 9.22. The molecule has 0 radical (unpaired) electrons. The topological polar surface area (TPSA) is 84.0 Å². The predicted octanol–water partition coefficient (Wildman–Crippen LogP) is 5.44. The van der Waals surface area contributed by atoms with Crippen molar-refractivity contribution in [3.05, 3.63) is 82.9 Å². The number of halogens is 1. The minimum Gasteiger partial charge on any atom is -0.336 e. The average Bonchev–Trinajstić information content (AvgIpc) is 2.72. The van der Waals surface area contributed by atoms with Crippen LogP contribution in [0.15, 0.2) is 71.6 Å². The van der Waals surface area contributed by atoms with Gasteiger partial charge in [0.2, 0.25) is 0 Å². The monoisotopic (exact) mass is 438 g/mol. The molecule has 0 spiro atoms. The van der Waals surface area contributed by atoms with Crippen molar-refractivity contribution in [2.24, 2.45) is 0 Å². The van der Waals surface area contributed by atoms with Crippen molar-refractivity contribution in [1.82, 2.24) is 9.97 Å². The number of aryl methyl sites for hydroxylation is 2. The van der Waals surface area contributed by atoms with Gasteiger partial charge in [-0.3, -0.25) is 4.72 Å². The zero-order valence-corrected chi connectivity index (χ0v) is 17.9. The summed E-state index contributed by atoms with van der Waals surface area (Å²) < 4.78 is 28.7. The van der Waals surface area contributed by atoms with Gasteiger partial charge in [0.25, 0.3) is 10.0 Å². The van der Waals surface area contributed by atoms with Gasteiger partial charge in [0.1, 0.15) is 0 Å². The maximum Gasteiger partial charge on any atom is 0.263 e. The van der Waals surface area contributed by atoms with Gasteiger partial charge < -0.3 is 5.32 Å². The number of benzene rings is 3. The molecular weight excluding hydrogens is 420 g/mol. The molecule has 2 N–H and O–H groups in total. The van der Waals surface area contributed by atoms with Crippen molar-refractivity contribution < 1.29 is 8.42 Å². The van der Waals surface area contributed by atoms with E-state index in [1.165, 1.54) is 0 Å². The van der Waals surface area contributed by atoms with Gasteiger partial charge in [0.15, 0.2) is 11.6 Å². The second kappa shape index (κ2) is 7.93. The van der Waals surface area contributed by atoms with Crippen LogP contribution in [0.25, 0.3) is 11.0 Å². The Morgan fingerprint density at radius 1 is 0.800 bits per heavy atom. The third-order valence-corrected chi connectivity index (χ3v) is 6.38. The largest absolute Gasteiger partial charge is 0.336 e. The molecule has 0 aliphatic rings. The summed E-state index contributed by atoms with van der Waals surface area (Å²) in [7, 11) is -3.87. The number of nitrogens with zero attached hydrogens (tertiary/aromatic N) is 2. The van der Waals surface area contributed by atoms with Crippen LogP contribution in [0.5, 0.6) is 0 Å². The Labute approximate surface area is 180 Å². The van der Waals surface area contributed by atoms with Crippen LogP contribution in [-0.2, 0) is 10.0 Å². The number of hydrogen-bond acceptors (Lipinski definition) is 5. The molecule has 0 amide bonds. The fourth-order valence-electron chi connectivity index (χ4n) is 2.92. The van der Waals surface area contributed by atoms with E-state index in [1.807, 2.05) is 44.2 Å². The fourth-order valence-corrected chi connectivity index (χ4v) is 4.19. The molecule has 152 valence electrons. The zero-order chi connectivity index (χ0) is 21.3. The Kier molecular flexibility index (Phi) is 5.32. The molecule has 0 unspecified atom stereocenters. The van der Waals surface area contributed by atoms with Gasteiger partial charge in [-0.05, 0) is 61.4 Å². The van der Waals surface area contributed by atoms with Crippen molar-refractivity contribution in [1.29, 1.82) is 0 Å². The van der Waals surface area contributed by atoms with Crippen LogP contribution in [-0.4, -0.2) is 18.4 Å². The summed E-state index contributed by atoms with van der Waals surface area (Å²) >= 11 is 6.26. The number of aromatic nitrogens is 2. The van der Waals surface area contributed by atoms with Crippen molar-refractivity contribution >= 4 is 50.0 Å². The Morgan fingerprint density at radius 2 is 1.43 bits per heavy atom. The molecule has 30 heavy (non-hydrogen) atoms. The van der Waals surface area contributed by atoms with Crippen LogP contribution >= 0.6 is 11.6 Å². The molecule has 0 atom stereocenters. The summed E-state index contributed by atoms with van der Waals surface area (Å²) in [5.74, 6) is 0.348. The number of hydrogen-bond donors (Lipinski definition) is 2. The zero-order valence-electron chi connectivity index (χ0n) is 16.3. The van der Waals surface area contributed by atoms with E-state index in [-0.39, 0.29) is 16.5 Å². The van der Waals surface area contributed by atoms with Crippen LogP contribution in [0.4, 0.5) is 17.3 Å². The van der Waals surface area contributed by atoms with Crippen LogP contribution in [0.1, 0.15) is 11.1 Å². The standard InChI is InChI=1S/C22H19ClN4O2S/c1-14-11-12-16(13-15(14)2)30(28,29)27-22-21(24-18-8-4-3-7-17(18)23)25-19-9-5-6-10-20(19)26-22/h3-13H,1-2H3,(H,24,25)(H,26,27). The summed E-state index contributed by atoms with van der Waals surface area (Å²) in [5, 5.41) is 3.58. The SMILES string of the molecule is Cc1ccc(S(=O)(=O)Nc2nc3ccccc3nc2Nc2ccccc2Cl)cc1C. The van der Waals surface area contributed by atoms with Crippen molar-refractivity contribution in [2.45, 2.75) is 18.7 Å². The molecule has 0 aliphatic carbocycles. The Bertz CT molecular complexity index is 1360. The molecule has 0 saturated heterocycles. The highest BCUT2D eigenvalue weighted by atomic mass is 35.5. The van der Waals surface area contributed by atoms with Gasteiger partial charge in [-0.25, -0.2) is 18.4 Å². The Balaban J connectivity index is 1.80. The fraction of sp³-hybridized carbons (Fsp3) is 0.0909. The molecule has 1 aromatic heterocycles. The number of sulfonamides is 1. The van der Waals surface area contributed by atoms with Gasteiger partial charge in [-0.1, -0.05) is 41.9 Å². The van der Waals surface area contributed by atoms with E-state index in [0.29, 0.717) is 21.7 Å². The predicted molar refractivity (Wildman–Crippen MR) is 121 cm³/mol. The second-order valence-electron chi connectivity index (χ2n) is 6.87. The normalized spacial score (nSPS) is 11.4. The van der Waals surface area contributed by atoms with Crippen molar-refractivity contribution in [3.63, 3.8) is 0 Å². The lowest BCUT2D eigenvalue weighted by Gasteiger charge is -2.15. The molecule has 0 saturated carbocycles. The number of rotatable bonds is 5. The first kappa shape index (κ1) is 20.1. The lowest BCUT2D eigenvalue weighted by atomic mass is 10.1. The van der Waals surface area contributed by atoms with E-state index in [4.69, 9.17) is 11.6 Å². The van der Waals surface area contributed by atoms with Crippen LogP contribution in [0.3, 0.4) is 0 Å². The molecular formula is C22H19ClN4O2S. The minimum absolute atomic E-state index is 0.0897. The molecule has 6 nitrogen and oxygen atoms in total. The van der Waals surface area contributed by atoms with E-state index in [2.05, 4.69) is 20.0 Å². The molecule has 4 aromatic rings.